The Bertz CT molecular complexity index is 1030. The Kier molecular flexibility index (Phi) is 6.80. The van der Waals surface area contributed by atoms with E-state index in [0.717, 1.165) is 23.3 Å². The Hall–Kier alpha value is -1.71. The van der Waals surface area contributed by atoms with E-state index >= 15 is 0 Å². The van der Waals surface area contributed by atoms with E-state index in [1.165, 1.54) is 4.31 Å². The molecule has 0 spiro atoms. The summed E-state index contributed by atoms with van der Waals surface area (Å²) in [6.45, 7) is 8.57. The second-order valence-electron chi connectivity index (χ2n) is 7.34. The van der Waals surface area contributed by atoms with Crippen molar-refractivity contribution in [2.45, 2.75) is 51.5 Å². The molecular weight excluding hydrogens is 410 g/mol. The van der Waals surface area contributed by atoms with Crippen molar-refractivity contribution in [1.82, 2.24) is 13.8 Å². The molecule has 0 bridgehead atoms. The molecule has 1 aromatic heterocycles. The molecule has 29 heavy (non-hydrogen) atoms. The zero-order valence-electron chi connectivity index (χ0n) is 17.3. The van der Waals surface area contributed by atoms with Crippen LogP contribution in [-0.2, 0) is 21.4 Å². The van der Waals surface area contributed by atoms with Gasteiger partial charge in [-0.25, -0.2) is 8.42 Å². The van der Waals surface area contributed by atoms with Crippen LogP contribution in [0, 0.1) is 5.92 Å². The second kappa shape index (κ2) is 8.97. The molecule has 0 N–H and O–H groups in total. The highest BCUT2D eigenvalue weighted by molar-refractivity contribution is 7.89. The summed E-state index contributed by atoms with van der Waals surface area (Å²) in [5.74, 6) is 0.00709. The minimum atomic E-state index is -3.65. The standard InChI is InChI=1S/C20H29N3O4S2/c1-4-11-23-17-8-7-16(14-18(17)28-20(23)25)29(26,27)22-12-9-15(10-13-22)19(24)21(5-2)6-3/h7-8,14-15H,4-6,9-13H2,1-3H3. The van der Waals surface area contributed by atoms with Crippen LogP contribution in [0.4, 0.5) is 0 Å². The third kappa shape index (κ3) is 4.27. The van der Waals surface area contributed by atoms with Gasteiger partial charge < -0.3 is 4.90 Å². The number of carbonyl (C=O) groups excluding carboxylic acids is 1. The number of aryl methyl sites for hydroxylation is 1. The van der Waals surface area contributed by atoms with Gasteiger partial charge in [0.1, 0.15) is 0 Å². The van der Waals surface area contributed by atoms with Crippen LogP contribution in [0.15, 0.2) is 27.9 Å². The largest absolute Gasteiger partial charge is 0.343 e. The summed E-state index contributed by atoms with van der Waals surface area (Å²) in [6.07, 6.45) is 1.92. The molecule has 1 fully saturated rings. The molecule has 1 amide bonds. The van der Waals surface area contributed by atoms with E-state index in [4.69, 9.17) is 0 Å². The van der Waals surface area contributed by atoms with E-state index < -0.39 is 10.0 Å². The van der Waals surface area contributed by atoms with Crippen molar-refractivity contribution in [3.63, 3.8) is 0 Å². The Labute approximate surface area is 176 Å². The van der Waals surface area contributed by atoms with E-state index in [2.05, 4.69) is 0 Å². The molecule has 1 aliphatic heterocycles. The number of rotatable bonds is 7. The van der Waals surface area contributed by atoms with E-state index in [9.17, 15) is 18.0 Å². The van der Waals surface area contributed by atoms with Crippen LogP contribution in [0.5, 0.6) is 0 Å². The van der Waals surface area contributed by atoms with Gasteiger partial charge in [0.25, 0.3) is 0 Å². The summed E-state index contributed by atoms with van der Waals surface area (Å²) in [6, 6.07) is 4.92. The van der Waals surface area contributed by atoms with Crippen molar-refractivity contribution in [1.29, 1.82) is 0 Å². The Morgan fingerprint density at radius 1 is 1.17 bits per heavy atom. The maximum absolute atomic E-state index is 13.1. The third-order valence-electron chi connectivity index (χ3n) is 5.60. The van der Waals surface area contributed by atoms with Crippen molar-refractivity contribution in [3.8, 4) is 0 Å². The maximum atomic E-state index is 13.1. The van der Waals surface area contributed by atoms with E-state index in [0.29, 0.717) is 50.3 Å². The van der Waals surface area contributed by atoms with Gasteiger partial charge in [-0.05, 0) is 51.3 Å². The minimum Gasteiger partial charge on any atom is -0.343 e. The number of nitrogens with zero attached hydrogens (tertiary/aromatic N) is 3. The number of hydrogen-bond acceptors (Lipinski definition) is 5. The molecule has 3 rings (SSSR count). The maximum Gasteiger partial charge on any atom is 0.308 e. The number of piperidine rings is 1. The first-order valence-corrected chi connectivity index (χ1v) is 12.5. The summed E-state index contributed by atoms with van der Waals surface area (Å²) in [5.41, 5.74) is 0.782. The second-order valence-corrected chi connectivity index (χ2v) is 10.3. The van der Waals surface area contributed by atoms with Gasteiger partial charge in [-0.15, -0.1) is 0 Å². The van der Waals surface area contributed by atoms with E-state index in [1.807, 2.05) is 25.7 Å². The van der Waals surface area contributed by atoms with Crippen molar-refractivity contribution in [2.24, 2.45) is 5.92 Å². The van der Waals surface area contributed by atoms with Crippen molar-refractivity contribution < 1.29 is 13.2 Å². The quantitative estimate of drug-likeness (QED) is 0.664. The molecule has 9 heteroatoms. The summed E-state index contributed by atoms with van der Waals surface area (Å²) in [5, 5.41) is 0. The molecule has 0 unspecified atom stereocenters. The van der Waals surface area contributed by atoms with Gasteiger partial charge in [-0.1, -0.05) is 18.3 Å². The lowest BCUT2D eigenvalue weighted by Gasteiger charge is -2.33. The molecular formula is C20H29N3O4S2. The predicted octanol–water partition coefficient (Wildman–Crippen LogP) is 2.74. The zero-order chi connectivity index (χ0) is 21.2. The number of sulfonamides is 1. The van der Waals surface area contributed by atoms with Crippen molar-refractivity contribution in [2.75, 3.05) is 26.2 Å². The van der Waals surface area contributed by atoms with Crippen LogP contribution in [0.25, 0.3) is 10.2 Å². The predicted molar refractivity (Wildman–Crippen MR) is 116 cm³/mol. The fourth-order valence-corrected chi connectivity index (χ4v) is 6.46. The lowest BCUT2D eigenvalue weighted by molar-refractivity contribution is -0.136. The number of carbonyl (C=O) groups is 1. The number of aromatic nitrogens is 1. The fourth-order valence-electron chi connectivity index (χ4n) is 3.93. The molecule has 2 aromatic rings. The first-order valence-electron chi connectivity index (χ1n) is 10.3. The van der Waals surface area contributed by atoms with Crippen LogP contribution in [0.1, 0.15) is 40.0 Å². The molecule has 1 saturated heterocycles. The summed E-state index contributed by atoms with van der Waals surface area (Å²) in [7, 11) is -3.65. The van der Waals surface area contributed by atoms with Crippen molar-refractivity contribution in [3.05, 3.63) is 27.9 Å². The van der Waals surface area contributed by atoms with Gasteiger partial charge in [0.05, 0.1) is 15.1 Å². The summed E-state index contributed by atoms with van der Waals surface area (Å²) >= 11 is 1.08. The Balaban J connectivity index is 1.78. The van der Waals surface area contributed by atoms with Crippen LogP contribution < -0.4 is 4.87 Å². The molecule has 1 aromatic carbocycles. The fraction of sp³-hybridized carbons (Fsp3) is 0.600. The molecule has 0 saturated carbocycles. The Morgan fingerprint density at radius 3 is 2.41 bits per heavy atom. The van der Waals surface area contributed by atoms with Gasteiger partial charge in [-0.2, -0.15) is 4.31 Å². The van der Waals surface area contributed by atoms with E-state index in [1.54, 1.807) is 22.8 Å². The van der Waals surface area contributed by atoms with E-state index in [-0.39, 0.29) is 21.6 Å². The van der Waals surface area contributed by atoms with Crippen LogP contribution in [-0.4, -0.2) is 54.3 Å². The topological polar surface area (TPSA) is 79.7 Å². The SMILES string of the molecule is CCCn1c(=O)sc2cc(S(=O)(=O)N3CCC(C(=O)N(CC)CC)CC3)ccc21. The molecule has 0 atom stereocenters. The number of thiazole rings is 1. The normalized spacial score (nSPS) is 16.4. The van der Waals surface area contributed by atoms with Crippen molar-refractivity contribution >= 4 is 37.5 Å². The highest BCUT2D eigenvalue weighted by Crippen LogP contribution is 2.28. The molecule has 1 aliphatic rings. The lowest BCUT2D eigenvalue weighted by Crippen LogP contribution is -2.44. The van der Waals surface area contributed by atoms with Gasteiger partial charge in [0.2, 0.25) is 15.9 Å². The number of hydrogen-bond donors (Lipinski definition) is 0. The van der Waals surface area contributed by atoms with Gasteiger partial charge in [-0.3, -0.25) is 14.2 Å². The number of benzene rings is 1. The molecule has 7 nitrogen and oxygen atoms in total. The number of amides is 1. The van der Waals surface area contributed by atoms with Gasteiger partial charge in [0.15, 0.2) is 0 Å². The van der Waals surface area contributed by atoms with Crippen LogP contribution >= 0.6 is 11.3 Å². The lowest BCUT2D eigenvalue weighted by atomic mass is 9.96. The molecule has 0 radical (unpaired) electrons. The Morgan fingerprint density at radius 2 is 1.83 bits per heavy atom. The average molecular weight is 440 g/mol. The van der Waals surface area contributed by atoms with Crippen LogP contribution in [0.2, 0.25) is 0 Å². The van der Waals surface area contributed by atoms with Gasteiger partial charge >= 0.3 is 4.87 Å². The van der Waals surface area contributed by atoms with Crippen LogP contribution in [0.3, 0.4) is 0 Å². The first kappa shape index (κ1) is 22.0. The minimum absolute atomic E-state index is 0.0628. The smallest absolute Gasteiger partial charge is 0.308 e. The molecule has 0 aliphatic carbocycles. The molecule has 2 heterocycles. The monoisotopic (exact) mass is 439 g/mol. The zero-order valence-corrected chi connectivity index (χ0v) is 18.9. The first-order chi connectivity index (χ1) is 13.8. The summed E-state index contributed by atoms with van der Waals surface area (Å²) in [4.78, 5) is 26.7. The third-order valence-corrected chi connectivity index (χ3v) is 8.44. The molecule has 160 valence electrons. The highest BCUT2D eigenvalue weighted by atomic mass is 32.2. The highest BCUT2D eigenvalue weighted by Gasteiger charge is 2.33. The number of fused-ring (bicyclic) bond motifs is 1. The average Bonchev–Trinajstić information content (AvgIpc) is 3.03. The summed E-state index contributed by atoms with van der Waals surface area (Å²) < 4.78 is 30.1. The van der Waals surface area contributed by atoms with Gasteiger partial charge in [0, 0.05) is 38.6 Å².